The summed E-state index contributed by atoms with van der Waals surface area (Å²) < 4.78 is 39.1. The van der Waals surface area contributed by atoms with Gasteiger partial charge in [-0.25, -0.2) is 8.42 Å². The number of rotatable bonds is 10. The summed E-state index contributed by atoms with van der Waals surface area (Å²) in [6.07, 6.45) is 2.66. The predicted molar refractivity (Wildman–Crippen MR) is 130 cm³/mol. The minimum absolute atomic E-state index is 0.0673. The largest absolute Gasteiger partial charge is 0.492 e. The van der Waals surface area contributed by atoms with Crippen molar-refractivity contribution in [3.05, 3.63) is 42.5 Å². The highest BCUT2D eigenvalue weighted by Crippen LogP contribution is 2.31. The van der Waals surface area contributed by atoms with Crippen LogP contribution < -0.4 is 20.1 Å². The molecule has 33 heavy (non-hydrogen) atoms. The normalized spacial score (nSPS) is 14.7. The molecule has 0 saturated carbocycles. The number of nitrogens with zero attached hydrogens (tertiary/aromatic N) is 1. The maximum atomic E-state index is 13.1. The molecule has 1 amide bonds. The second kappa shape index (κ2) is 11.4. The number of hydrogen-bond acceptors (Lipinski definition) is 6. The molecule has 2 N–H and O–H groups in total. The van der Waals surface area contributed by atoms with Crippen molar-refractivity contribution < 1.29 is 22.7 Å². The van der Waals surface area contributed by atoms with Gasteiger partial charge in [-0.2, -0.15) is 4.31 Å². The van der Waals surface area contributed by atoms with E-state index in [1.54, 1.807) is 30.3 Å². The zero-order valence-electron chi connectivity index (χ0n) is 19.5. The van der Waals surface area contributed by atoms with Crippen LogP contribution in [0.3, 0.4) is 0 Å². The van der Waals surface area contributed by atoms with Gasteiger partial charge in [-0.3, -0.25) is 4.79 Å². The number of anilines is 2. The first kappa shape index (κ1) is 24.9. The lowest BCUT2D eigenvalue weighted by Gasteiger charge is -2.26. The van der Waals surface area contributed by atoms with E-state index in [9.17, 15) is 13.2 Å². The second-order valence-corrected chi connectivity index (χ2v) is 10.1. The molecule has 1 aliphatic heterocycles. The van der Waals surface area contributed by atoms with Gasteiger partial charge in [-0.1, -0.05) is 18.6 Å². The summed E-state index contributed by atoms with van der Waals surface area (Å²) in [5, 5.41) is 5.87. The first-order valence-electron chi connectivity index (χ1n) is 11.4. The van der Waals surface area contributed by atoms with Crippen molar-refractivity contribution in [1.82, 2.24) is 4.31 Å². The van der Waals surface area contributed by atoms with Gasteiger partial charge in [0.05, 0.1) is 35.5 Å². The summed E-state index contributed by atoms with van der Waals surface area (Å²) in [5.41, 5.74) is 1.03. The Balaban J connectivity index is 1.77. The van der Waals surface area contributed by atoms with Gasteiger partial charge < -0.3 is 20.1 Å². The topological polar surface area (TPSA) is 97.0 Å². The number of carbonyl (C=O) groups excluding carboxylic acids is 1. The zero-order valence-corrected chi connectivity index (χ0v) is 20.3. The van der Waals surface area contributed by atoms with Crippen molar-refractivity contribution in [2.75, 3.05) is 36.9 Å². The van der Waals surface area contributed by atoms with Gasteiger partial charge in [0.2, 0.25) is 15.9 Å². The first-order chi connectivity index (χ1) is 15.8. The van der Waals surface area contributed by atoms with Crippen molar-refractivity contribution in [1.29, 1.82) is 0 Å². The van der Waals surface area contributed by atoms with Crippen molar-refractivity contribution >= 4 is 27.3 Å². The molecule has 1 heterocycles. The van der Waals surface area contributed by atoms with E-state index in [-0.39, 0.29) is 23.5 Å². The van der Waals surface area contributed by atoms with Crippen molar-refractivity contribution in [3.8, 4) is 11.5 Å². The molecule has 0 aliphatic carbocycles. The monoisotopic (exact) mass is 475 g/mol. The van der Waals surface area contributed by atoms with E-state index in [4.69, 9.17) is 9.47 Å². The number of amides is 1. The molecule has 1 saturated heterocycles. The van der Waals surface area contributed by atoms with Crippen LogP contribution in [0.2, 0.25) is 0 Å². The third-order valence-electron chi connectivity index (χ3n) is 5.17. The summed E-state index contributed by atoms with van der Waals surface area (Å²) in [5.74, 6) is 0.791. The number of ether oxygens (including phenoxy) is 2. The van der Waals surface area contributed by atoms with E-state index in [1.165, 1.54) is 4.31 Å². The minimum Gasteiger partial charge on any atom is -0.492 e. The van der Waals surface area contributed by atoms with Crippen molar-refractivity contribution in [3.63, 3.8) is 0 Å². The Morgan fingerprint density at radius 1 is 1.03 bits per heavy atom. The quantitative estimate of drug-likeness (QED) is 0.537. The van der Waals surface area contributed by atoms with Crippen LogP contribution in [0.1, 0.15) is 40.0 Å². The minimum atomic E-state index is -3.61. The van der Waals surface area contributed by atoms with Crippen molar-refractivity contribution in [2.45, 2.75) is 51.0 Å². The van der Waals surface area contributed by atoms with Gasteiger partial charge >= 0.3 is 0 Å². The molecule has 0 atom stereocenters. The molecule has 0 bridgehead atoms. The van der Waals surface area contributed by atoms with Crippen LogP contribution in [0.5, 0.6) is 11.5 Å². The average molecular weight is 476 g/mol. The molecule has 180 valence electrons. The van der Waals surface area contributed by atoms with Crippen LogP contribution in [-0.2, 0) is 14.8 Å². The SMILES string of the molecule is CCOc1ccccc1NC(=O)CNc1cc(S(=O)(=O)N2CCCCC2)ccc1OC(C)C. The number of para-hydroxylation sites is 2. The van der Waals surface area contributed by atoms with Crippen LogP contribution in [0.15, 0.2) is 47.4 Å². The molecule has 8 nitrogen and oxygen atoms in total. The number of piperidine rings is 1. The van der Waals surface area contributed by atoms with Crippen LogP contribution in [-0.4, -0.2) is 51.0 Å². The fourth-order valence-electron chi connectivity index (χ4n) is 3.64. The molecule has 0 spiro atoms. The molecule has 0 aromatic heterocycles. The molecule has 2 aromatic rings. The Kier molecular flexibility index (Phi) is 8.57. The summed E-state index contributed by atoms with van der Waals surface area (Å²) >= 11 is 0. The number of benzene rings is 2. The molecule has 1 aliphatic rings. The highest BCUT2D eigenvalue weighted by molar-refractivity contribution is 7.89. The lowest BCUT2D eigenvalue weighted by molar-refractivity contribution is -0.114. The van der Waals surface area contributed by atoms with Gasteiger partial charge in [0.25, 0.3) is 0 Å². The third kappa shape index (κ3) is 6.61. The van der Waals surface area contributed by atoms with Crippen LogP contribution >= 0.6 is 0 Å². The highest BCUT2D eigenvalue weighted by atomic mass is 32.2. The maximum Gasteiger partial charge on any atom is 0.243 e. The second-order valence-electron chi connectivity index (χ2n) is 8.12. The fourth-order valence-corrected chi connectivity index (χ4v) is 5.18. The molecule has 3 rings (SSSR count). The number of sulfonamides is 1. The van der Waals surface area contributed by atoms with Gasteiger partial charge in [0.15, 0.2) is 0 Å². The Hall–Kier alpha value is -2.78. The molecule has 1 fully saturated rings. The van der Waals surface area contributed by atoms with E-state index in [0.29, 0.717) is 42.6 Å². The Morgan fingerprint density at radius 2 is 1.76 bits per heavy atom. The molecular formula is C24H33N3O5S. The molecular weight excluding hydrogens is 442 g/mol. The number of carbonyl (C=O) groups is 1. The molecule has 0 unspecified atom stereocenters. The van der Waals surface area contributed by atoms with Crippen molar-refractivity contribution in [2.24, 2.45) is 0 Å². The lowest BCUT2D eigenvalue weighted by Crippen LogP contribution is -2.35. The van der Waals surface area contributed by atoms with E-state index in [0.717, 1.165) is 19.3 Å². The van der Waals surface area contributed by atoms with Gasteiger partial charge in [0, 0.05) is 13.1 Å². The standard InChI is InChI=1S/C24H33N3O5S/c1-4-31-22-11-7-6-10-20(22)26-24(28)17-25-21-16-19(12-13-23(21)32-18(2)3)33(29,30)27-14-8-5-9-15-27/h6-7,10-13,16,18,25H,4-5,8-9,14-15,17H2,1-3H3,(H,26,28). The zero-order chi connectivity index (χ0) is 23.8. The van der Waals surface area contributed by atoms with Crippen LogP contribution in [0.25, 0.3) is 0 Å². The maximum absolute atomic E-state index is 13.1. The number of nitrogens with one attached hydrogen (secondary N) is 2. The van der Waals surface area contributed by atoms with Gasteiger partial charge in [0.1, 0.15) is 11.5 Å². The Labute approximate surface area is 196 Å². The molecule has 9 heteroatoms. The summed E-state index contributed by atoms with van der Waals surface area (Å²) in [4.78, 5) is 12.8. The first-order valence-corrected chi connectivity index (χ1v) is 12.8. The smallest absolute Gasteiger partial charge is 0.243 e. The predicted octanol–water partition coefficient (Wildman–Crippen LogP) is 4.10. The Bertz CT molecular complexity index is 1050. The third-order valence-corrected chi connectivity index (χ3v) is 7.06. The Morgan fingerprint density at radius 3 is 2.45 bits per heavy atom. The van der Waals surface area contributed by atoms with Crippen LogP contribution in [0.4, 0.5) is 11.4 Å². The summed E-state index contributed by atoms with van der Waals surface area (Å²) in [6, 6.07) is 12.0. The average Bonchev–Trinajstić information content (AvgIpc) is 2.80. The summed E-state index contributed by atoms with van der Waals surface area (Å²) in [6.45, 7) is 7.12. The van der Waals surface area contributed by atoms with Crippen LogP contribution in [0, 0.1) is 0 Å². The molecule has 0 radical (unpaired) electrons. The fraction of sp³-hybridized carbons (Fsp3) is 0.458. The van der Waals surface area contributed by atoms with E-state index in [1.807, 2.05) is 32.9 Å². The highest BCUT2D eigenvalue weighted by Gasteiger charge is 2.27. The van der Waals surface area contributed by atoms with Gasteiger partial charge in [-0.15, -0.1) is 0 Å². The van der Waals surface area contributed by atoms with E-state index in [2.05, 4.69) is 10.6 Å². The molecule has 2 aromatic carbocycles. The van der Waals surface area contributed by atoms with E-state index < -0.39 is 10.0 Å². The number of hydrogen-bond donors (Lipinski definition) is 2. The lowest BCUT2D eigenvalue weighted by atomic mass is 10.2. The van der Waals surface area contributed by atoms with E-state index >= 15 is 0 Å². The van der Waals surface area contributed by atoms with Gasteiger partial charge in [-0.05, 0) is 63.9 Å². The summed E-state index contributed by atoms with van der Waals surface area (Å²) in [7, 11) is -3.61.